The number of hydrogen-bond acceptors (Lipinski definition) is 15. The monoisotopic (exact) mass is 1450 g/mol. The second-order valence-electron chi connectivity index (χ2n) is 28.8. The largest absolute Gasteiger partial charge is 0.472 e. The van der Waals surface area contributed by atoms with Crippen LogP contribution in [0.2, 0.25) is 0 Å². The topological polar surface area (TPSA) is 237 Å². The number of carbonyl (C=O) groups is 4. The number of phosphoric ester groups is 2. The van der Waals surface area contributed by atoms with Gasteiger partial charge in [0, 0.05) is 25.7 Å². The van der Waals surface area contributed by atoms with Crippen LogP contribution in [0.4, 0.5) is 0 Å². The maximum Gasteiger partial charge on any atom is 0.472 e. The van der Waals surface area contributed by atoms with Gasteiger partial charge in [-0.15, -0.1) is 0 Å². The van der Waals surface area contributed by atoms with Crippen LogP contribution < -0.4 is 0 Å². The van der Waals surface area contributed by atoms with Gasteiger partial charge in [-0.1, -0.05) is 381 Å². The number of ether oxygens (including phenoxy) is 4. The Bertz CT molecular complexity index is 1880. The number of rotatable bonds is 81. The van der Waals surface area contributed by atoms with E-state index < -0.39 is 97.5 Å². The van der Waals surface area contributed by atoms with E-state index in [-0.39, 0.29) is 25.7 Å². The molecule has 0 aliphatic rings. The molecule has 0 bridgehead atoms. The van der Waals surface area contributed by atoms with Crippen LogP contribution in [0.15, 0.2) is 0 Å². The van der Waals surface area contributed by atoms with E-state index in [1.54, 1.807) is 0 Å². The van der Waals surface area contributed by atoms with E-state index in [0.29, 0.717) is 25.7 Å². The zero-order valence-electron chi connectivity index (χ0n) is 64.5. The second kappa shape index (κ2) is 74.3. The van der Waals surface area contributed by atoms with Gasteiger partial charge in [-0.2, -0.15) is 0 Å². The lowest BCUT2D eigenvalue weighted by atomic mass is 10.0. The summed E-state index contributed by atoms with van der Waals surface area (Å²) in [5.41, 5.74) is 0. The van der Waals surface area contributed by atoms with Crippen LogP contribution in [-0.2, 0) is 65.4 Å². The Labute approximate surface area is 607 Å². The highest BCUT2D eigenvalue weighted by Crippen LogP contribution is 2.45. The molecule has 17 nitrogen and oxygen atoms in total. The molecule has 0 heterocycles. The molecule has 0 saturated carbocycles. The number of unbranched alkanes of at least 4 members (excludes halogenated alkanes) is 55. The molecule has 0 aliphatic carbocycles. The van der Waals surface area contributed by atoms with Gasteiger partial charge < -0.3 is 33.8 Å². The summed E-state index contributed by atoms with van der Waals surface area (Å²) in [5.74, 6) is -2.12. The molecule has 0 aliphatic heterocycles. The predicted octanol–water partition coefficient (Wildman–Crippen LogP) is 24.2. The molecule has 0 aromatic heterocycles. The van der Waals surface area contributed by atoms with Gasteiger partial charge in [0.2, 0.25) is 0 Å². The van der Waals surface area contributed by atoms with Crippen molar-refractivity contribution in [3.8, 4) is 0 Å². The Morgan fingerprint density at radius 2 is 0.404 bits per heavy atom. The standard InChI is InChI=1S/C80H156O17P2/c1-5-9-13-17-20-23-26-29-31-33-35-37-39-41-43-45-48-50-53-57-61-65-78(83)91-71-76(97-80(85)67-63-59-55-52-49-46-44-42-40-38-36-34-32-30-27-24-21-18-14-10-6-2)73-95-99(88,89)93-69-74(81)68-92-98(86,87)94-72-75(70-90-77(82)64-60-56-16-12-8-4)96-79(84)66-62-58-54-51-47-28-25-22-19-15-11-7-3/h74-76,81H,5-73H2,1-4H3,(H,86,87)(H,88,89)/t74-,75+,76+/m0/s1. The maximum atomic E-state index is 13.1. The van der Waals surface area contributed by atoms with Crippen molar-refractivity contribution in [1.29, 1.82) is 0 Å². The van der Waals surface area contributed by atoms with E-state index in [1.165, 1.54) is 257 Å². The zero-order chi connectivity index (χ0) is 72.5. The van der Waals surface area contributed by atoms with E-state index in [9.17, 15) is 43.2 Å². The van der Waals surface area contributed by atoms with Gasteiger partial charge in [-0.05, 0) is 25.7 Å². The molecule has 588 valence electrons. The van der Waals surface area contributed by atoms with Crippen LogP contribution in [0.1, 0.15) is 432 Å². The Balaban J connectivity index is 5.09. The average molecular weight is 1450 g/mol. The third-order valence-corrected chi connectivity index (χ3v) is 20.8. The van der Waals surface area contributed by atoms with Crippen LogP contribution >= 0.6 is 15.6 Å². The van der Waals surface area contributed by atoms with Crippen LogP contribution in [-0.4, -0.2) is 96.7 Å². The Hall–Kier alpha value is -1.94. The molecule has 19 heteroatoms. The van der Waals surface area contributed by atoms with Crippen molar-refractivity contribution in [1.82, 2.24) is 0 Å². The van der Waals surface area contributed by atoms with Crippen molar-refractivity contribution in [2.45, 2.75) is 451 Å². The van der Waals surface area contributed by atoms with Crippen LogP contribution in [0.3, 0.4) is 0 Å². The van der Waals surface area contributed by atoms with Crippen LogP contribution in [0, 0.1) is 0 Å². The Morgan fingerprint density at radius 1 is 0.242 bits per heavy atom. The first kappa shape index (κ1) is 97.1. The fourth-order valence-corrected chi connectivity index (χ4v) is 14.0. The molecule has 0 rings (SSSR count). The molecule has 99 heavy (non-hydrogen) atoms. The molecule has 0 fully saturated rings. The average Bonchev–Trinajstić information content (AvgIpc) is 1.04. The summed E-state index contributed by atoms with van der Waals surface area (Å²) in [6.07, 6.45) is 67.3. The minimum atomic E-state index is -4.96. The fraction of sp³-hybridized carbons (Fsp3) is 0.950. The van der Waals surface area contributed by atoms with E-state index >= 15 is 0 Å². The first-order chi connectivity index (χ1) is 48.2. The Kier molecular flexibility index (Phi) is 72.9. The van der Waals surface area contributed by atoms with Crippen molar-refractivity contribution in [3.05, 3.63) is 0 Å². The zero-order valence-corrected chi connectivity index (χ0v) is 66.3. The molecule has 2 unspecified atom stereocenters. The first-order valence-corrected chi connectivity index (χ1v) is 44.8. The SMILES string of the molecule is CCCCCCCCCCCCCCCCCCCCCCCC(=O)OC[C@H](COP(=O)(O)OC[C@@H](O)COP(=O)(O)OC[C@@H](COC(=O)CCCCCCC)OC(=O)CCCCCCCCCCCCCC)OC(=O)CCCCCCCCCCCCCCCCCCCCCCC. The summed E-state index contributed by atoms with van der Waals surface area (Å²) in [5, 5.41) is 10.6. The summed E-state index contributed by atoms with van der Waals surface area (Å²) in [4.78, 5) is 72.6. The number of esters is 4. The minimum Gasteiger partial charge on any atom is -0.462 e. The molecule has 0 amide bonds. The van der Waals surface area contributed by atoms with E-state index in [0.717, 1.165) is 96.3 Å². The van der Waals surface area contributed by atoms with Gasteiger partial charge in [-0.25, -0.2) is 9.13 Å². The molecule has 0 aromatic rings. The predicted molar refractivity (Wildman–Crippen MR) is 405 cm³/mol. The first-order valence-electron chi connectivity index (χ1n) is 41.8. The molecule has 5 atom stereocenters. The lowest BCUT2D eigenvalue weighted by molar-refractivity contribution is -0.161. The van der Waals surface area contributed by atoms with Crippen molar-refractivity contribution >= 4 is 39.5 Å². The van der Waals surface area contributed by atoms with Crippen LogP contribution in [0.25, 0.3) is 0 Å². The highest BCUT2D eigenvalue weighted by Gasteiger charge is 2.30. The highest BCUT2D eigenvalue weighted by atomic mass is 31.2. The third kappa shape index (κ3) is 74.1. The number of aliphatic hydroxyl groups is 1. The van der Waals surface area contributed by atoms with Gasteiger partial charge >= 0.3 is 39.5 Å². The van der Waals surface area contributed by atoms with Crippen molar-refractivity contribution < 1.29 is 80.2 Å². The van der Waals surface area contributed by atoms with Gasteiger partial charge in [0.05, 0.1) is 26.4 Å². The number of carbonyl (C=O) groups excluding carboxylic acids is 4. The van der Waals surface area contributed by atoms with E-state index in [2.05, 4.69) is 27.7 Å². The maximum absolute atomic E-state index is 13.1. The normalized spacial score (nSPS) is 13.8. The van der Waals surface area contributed by atoms with Gasteiger partial charge in [0.15, 0.2) is 12.2 Å². The molecule has 0 spiro atoms. The van der Waals surface area contributed by atoms with Crippen molar-refractivity contribution in [2.24, 2.45) is 0 Å². The molecule has 3 N–H and O–H groups in total. The molecular weight excluding hydrogens is 1290 g/mol. The lowest BCUT2D eigenvalue weighted by Gasteiger charge is -2.21. The van der Waals surface area contributed by atoms with Gasteiger partial charge in [0.25, 0.3) is 0 Å². The number of hydrogen-bond donors (Lipinski definition) is 3. The lowest BCUT2D eigenvalue weighted by Crippen LogP contribution is -2.30. The highest BCUT2D eigenvalue weighted by molar-refractivity contribution is 7.47. The van der Waals surface area contributed by atoms with Crippen molar-refractivity contribution in [2.75, 3.05) is 39.6 Å². The quantitative estimate of drug-likeness (QED) is 0.0222. The molecular formula is C80H156O17P2. The molecule has 0 saturated heterocycles. The van der Waals surface area contributed by atoms with Gasteiger partial charge in [0.1, 0.15) is 19.3 Å². The minimum absolute atomic E-state index is 0.107. The Morgan fingerprint density at radius 3 is 0.596 bits per heavy atom. The summed E-state index contributed by atoms with van der Waals surface area (Å²) in [7, 11) is -9.90. The van der Waals surface area contributed by atoms with E-state index in [4.69, 9.17) is 37.0 Å². The summed E-state index contributed by atoms with van der Waals surface area (Å²) in [6.45, 7) is 4.92. The fourth-order valence-electron chi connectivity index (χ4n) is 12.5. The summed E-state index contributed by atoms with van der Waals surface area (Å²) >= 11 is 0. The van der Waals surface area contributed by atoms with Crippen LogP contribution in [0.5, 0.6) is 0 Å². The van der Waals surface area contributed by atoms with E-state index in [1.807, 2.05) is 0 Å². The molecule has 0 radical (unpaired) electrons. The third-order valence-electron chi connectivity index (χ3n) is 18.9. The summed E-state index contributed by atoms with van der Waals surface area (Å²) in [6, 6.07) is 0. The van der Waals surface area contributed by atoms with Gasteiger partial charge in [-0.3, -0.25) is 37.3 Å². The second-order valence-corrected chi connectivity index (χ2v) is 31.7. The molecule has 0 aromatic carbocycles. The number of aliphatic hydroxyl groups excluding tert-OH is 1. The smallest absolute Gasteiger partial charge is 0.462 e. The summed E-state index contributed by atoms with van der Waals surface area (Å²) < 4.78 is 68.4. The van der Waals surface area contributed by atoms with Crippen molar-refractivity contribution in [3.63, 3.8) is 0 Å². The number of phosphoric acid groups is 2.